The average Bonchev–Trinajstić information content (AvgIpc) is 2.64. The Labute approximate surface area is 110 Å². The van der Waals surface area contributed by atoms with Crippen LogP contribution in [0.3, 0.4) is 0 Å². The summed E-state index contributed by atoms with van der Waals surface area (Å²) in [5.41, 5.74) is 2.33. The predicted octanol–water partition coefficient (Wildman–Crippen LogP) is 3.13. The van der Waals surface area contributed by atoms with E-state index >= 15 is 0 Å². The van der Waals surface area contributed by atoms with Gasteiger partial charge in [-0.15, -0.1) is 11.6 Å². The molecule has 92 valence electrons. The molecule has 1 aromatic carbocycles. The highest BCUT2D eigenvalue weighted by Gasteiger charge is 2.14. The minimum absolute atomic E-state index is 0.352. The van der Waals surface area contributed by atoms with E-state index in [4.69, 9.17) is 21.6 Å². The van der Waals surface area contributed by atoms with Crippen molar-refractivity contribution in [2.75, 3.05) is 0 Å². The number of hydrogen-bond acceptors (Lipinski definition) is 3. The highest BCUT2D eigenvalue weighted by Crippen LogP contribution is 2.28. The third-order valence-electron chi connectivity index (χ3n) is 2.62. The van der Waals surface area contributed by atoms with Crippen molar-refractivity contribution in [1.29, 1.82) is 5.26 Å². The van der Waals surface area contributed by atoms with Gasteiger partial charge < -0.3 is 4.74 Å². The van der Waals surface area contributed by atoms with Crippen LogP contribution in [0.1, 0.15) is 16.8 Å². The molecule has 0 amide bonds. The maximum atomic E-state index is 8.73. The first-order valence-corrected chi connectivity index (χ1v) is 5.95. The first kappa shape index (κ1) is 12.5. The SMILES string of the molecule is Cc1nn(C)c(Oc2ccc(C#N)cc2)c1CCl. The lowest BCUT2D eigenvalue weighted by Crippen LogP contribution is -1.96. The summed E-state index contributed by atoms with van der Waals surface area (Å²) in [6, 6.07) is 8.97. The second kappa shape index (κ2) is 5.11. The highest BCUT2D eigenvalue weighted by molar-refractivity contribution is 6.17. The van der Waals surface area contributed by atoms with Crippen LogP contribution in [0.2, 0.25) is 0 Å². The first-order valence-electron chi connectivity index (χ1n) is 5.42. The van der Waals surface area contributed by atoms with Gasteiger partial charge in [0.2, 0.25) is 5.88 Å². The molecule has 0 aliphatic heterocycles. The zero-order valence-corrected chi connectivity index (χ0v) is 10.9. The molecule has 0 atom stereocenters. The Hall–Kier alpha value is -1.99. The van der Waals surface area contributed by atoms with Gasteiger partial charge in [-0.25, -0.2) is 4.68 Å². The van der Waals surface area contributed by atoms with Gasteiger partial charge in [0.1, 0.15) is 5.75 Å². The molecule has 0 unspecified atom stereocenters. The molecule has 0 N–H and O–H groups in total. The quantitative estimate of drug-likeness (QED) is 0.798. The number of alkyl halides is 1. The lowest BCUT2D eigenvalue weighted by molar-refractivity contribution is 0.427. The minimum Gasteiger partial charge on any atom is -0.439 e. The lowest BCUT2D eigenvalue weighted by Gasteiger charge is -2.07. The molecule has 0 spiro atoms. The molecule has 1 aromatic heterocycles. The molecular weight excluding hydrogens is 250 g/mol. The van der Waals surface area contributed by atoms with Gasteiger partial charge in [-0.2, -0.15) is 10.4 Å². The molecule has 0 radical (unpaired) electrons. The standard InChI is InChI=1S/C13H12ClN3O/c1-9-12(7-14)13(17(2)16-9)18-11-5-3-10(8-15)4-6-11/h3-6H,7H2,1-2H3. The van der Waals surface area contributed by atoms with Crippen molar-refractivity contribution >= 4 is 11.6 Å². The fraction of sp³-hybridized carbons (Fsp3) is 0.231. The van der Waals surface area contributed by atoms with E-state index in [-0.39, 0.29) is 0 Å². The van der Waals surface area contributed by atoms with E-state index < -0.39 is 0 Å². The zero-order chi connectivity index (χ0) is 13.1. The van der Waals surface area contributed by atoms with E-state index in [2.05, 4.69) is 11.2 Å². The van der Waals surface area contributed by atoms with Crippen LogP contribution < -0.4 is 4.74 Å². The molecule has 0 saturated heterocycles. The van der Waals surface area contributed by atoms with Crippen LogP contribution in [0.4, 0.5) is 0 Å². The second-order valence-electron chi connectivity index (χ2n) is 3.86. The van der Waals surface area contributed by atoms with E-state index in [1.807, 2.05) is 14.0 Å². The van der Waals surface area contributed by atoms with Gasteiger partial charge in [0.25, 0.3) is 0 Å². The molecule has 0 aliphatic carbocycles. The van der Waals surface area contributed by atoms with E-state index in [1.165, 1.54) is 0 Å². The Morgan fingerprint density at radius 2 is 2.06 bits per heavy atom. The van der Waals surface area contributed by atoms with Gasteiger partial charge in [-0.05, 0) is 31.2 Å². The molecule has 1 heterocycles. The molecule has 2 rings (SSSR count). The minimum atomic E-state index is 0.352. The third-order valence-corrected chi connectivity index (χ3v) is 2.89. The highest BCUT2D eigenvalue weighted by atomic mass is 35.5. The molecular formula is C13H12ClN3O. The van der Waals surface area contributed by atoms with E-state index in [1.54, 1.807) is 28.9 Å². The van der Waals surface area contributed by atoms with Gasteiger partial charge in [-0.3, -0.25) is 0 Å². The number of nitriles is 1. The largest absolute Gasteiger partial charge is 0.439 e. The Balaban J connectivity index is 2.31. The number of aromatic nitrogens is 2. The van der Waals surface area contributed by atoms with Crippen molar-refractivity contribution in [3.8, 4) is 17.7 Å². The van der Waals surface area contributed by atoms with Gasteiger partial charge in [0.05, 0.1) is 28.8 Å². The monoisotopic (exact) mass is 261 g/mol. The second-order valence-corrected chi connectivity index (χ2v) is 4.13. The molecule has 18 heavy (non-hydrogen) atoms. The normalized spacial score (nSPS) is 10.1. The van der Waals surface area contributed by atoms with Crippen molar-refractivity contribution in [1.82, 2.24) is 9.78 Å². The van der Waals surface area contributed by atoms with Gasteiger partial charge in [-0.1, -0.05) is 0 Å². The summed E-state index contributed by atoms with van der Waals surface area (Å²) in [6.45, 7) is 1.89. The Morgan fingerprint density at radius 1 is 1.39 bits per heavy atom. The van der Waals surface area contributed by atoms with E-state index in [0.29, 0.717) is 23.1 Å². The van der Waals surface area contributed by atoms with Crippen LogP contribution in [0.15, 0.2) is 24.3 Å². The zero-order valence-electron chi connectivity index (χ0n) is 10.1. The van der Waals surface area contributed by atoms with Gasteiger partial charge in [0.15, 0.2) is 0 Å². The molecule has 0 aliphatic rings. The fourth-order valence-electron chi connectivity index (χ4n) is 1.67. The van der Waals surface area contributed by atoms with E-state index in [0.717, 1.165) is 11.3 Å². The van der Waals surface area contributed by atoms with Crippen LogP contribution in [0.5, 0.6) is 11.6 Å². The summed E-state index contributed by atoms with van der Waals surface area (Å²) in [6.07, 6.45) is 0. The van der Waals surface area contributed by atoms with Crippen LogP contribution >= 0.6 is 11.6 Å². The number of nitrogens with zero attached hydrogens (tertiary/aromatic N) is 3. The molecule has 2 aromatic rings. The number of rotatable bonds is 3. The van der Waals surface area contributed by atoms with E-state index in [9.17, 15) is 0 Å². The van der Waals surface area contributed by atoms with Crippen molar-refractivity contribution in [2.45, 2.75) is 12.8 Å². The lowest BCUT2D eigenvalue weighted by atomic mass is 10.2. The number of ether oxygens (including phenoxy) is 1. The first-order chi connectivity index (χ1) is 8.65. The van der Waals surface area contributed by atoms with Crippen LogP contribution in [-0.2, 0) is 12.9 Å². The Kier molecular flexibility index (Phi) is 3.54. The number of hydrogen-bond donors (Lipinski definition) is 0. The van der Waals surface area contributed by atoms with Gasteiger partial charge in [0, 0.05) is 7.05 Å². The number of aryl methyl sites for hydroxylation is 2. The van der Waals surface area contributed by atoms with Crippen molar-refractivity contribution in [3.63, 3.8) is 0 Å². The molecule has 0 fully saturated rings. The molecule has 5 heteroatoms. The summed E-state index contributed by atoms with van der Waals surface area (Å²) < 4.78 is 7.42. The van der Waals surface area contributed by atoms with Crippen LogP contribution in [0.25, 0.3) is 0 Å². The smallest absolute Gasteiger partial charge is 0.222 e. The van der Waals surface area contributed by atoms with Gasteiger partial charge >= 0.3 is 0 Å². The number of benzene rings is 1. The number of halogens is 1. The summed E-state index contributed by atoms with van der Waals surface area (Å²) >= 11 is 5.89. The summed E-state index contributed by atoms with van der Waals surface area (Å²) in [4.78, 5) is 0. The maximum absolute atomic E-state index is 8.73. The fourth-order valence-corrected chi connectivity index (χ4v) is 1.98. The average molecular weight is 262 g/mol. The maximum Gasteiger partial charge on any atom is 0.222 e. The molecule has 4 nitrogen and oxygen atoms in total. The predicted molar refractivity (Wildman–Crippen MR) is 68.7 cm³/mol. The Bertz CT molecular complexity index is 596. The van der Waals surface area contributed by atoms with Crippen molar-refractivity contribution in [3.05, 3.63) is 41.1 Å². The summed E-state index contributed by atoms with van der Waals surface area (Å²) in [5, 5.41) is 13.0. The topological polar surface area (TPSA) is 50.8 Å². The molecule has 0 bridgehead atoms. The third kappa shape index (κ3) is 2.31. The van der Waals surface area contributed by atoms with Crippen LogP contribution in [0, 0.1) is 18.3 Å². The van der Waals surface area contributed by atoms with Crippen molar-refractivity contribution < 1.29 is 4.74 Å². The molecule has 0 saturated carbocycles. The summed E-state index contributed by atoms with van der Waals surface area (Å²) in [7, 11) is 1.81. The van der Waals surface area contributed by atoms with Crippen LogP contribution in [-0.4, -0.2) is 9.78 Å². The summed E-state index contributed by atoms with van der Waals surface area (Å²) in [5.74, 6) is 1.64. The van der Waals surface area contributed by atoms with Crippen molar-refractivity contribution in [2.24, 2.45) is 7.05 Å². The Morgan fingerprint density at radius 3 is 2.61 bits per heavy atom.